The van der Waals surface area contributed by atoms with Crippen LogP contribution >= 0.6 is 0 Å². The lowest BCUT2D eigenvalue weighted by molar-refractivity contribution is 0.284. The fourth-order valence-electron chi connectivity index (χ4n) is 2.81. The number of methoxy groups -OCH3 is 1. The van der Waals surface area contributed by atoms with Crippen molar-refractivity contribution in [2.75, 3.05) is 7.11 Å². The minimum atomic E-state index is 0.422. The van der Waals surface area contributed by atoms with E-state index in [1.165, 1.54) is 0 Å². The molecule has 0 saturated heterocycles. The van der Waals surface area contributed by atoms with Gasteiger partial charge in [0.1, 0.15) is 6.61 Å². The zero-order chi connectivity index (χ0) is 19.9. The summed E-state index contributed by atoms with van der Waals surface area (Å²) < 4.78 is 17.1. The van der Waals surface area contributed by atoms with Crippen molar-refractivity contribution in [3.05, 3.63) is 95.9 Å². The van der Waals surface area contributed by atoms with Crippen LogP contribution in [0.1, 0.15) is 17.0 Å². The Morgan fingerprint density at radius 3 is 2.34 bits per heavy atom. The molecule has 0 aliphatic carbocycles. The van der Waals surface area contributed by atoms with Crippen LogP contribution in [0.2, 0.25) is 0 Å². The number of nitrogens with zero attached hydrogens (tertiary/aromatic N) is 2. The fourth-order valence-corrected chi connectivity index (χ4v) is 2.81. The Labute approximate surface area is 169 Å². The monoisotopic (exact) mass is 384 g/mol. The molecule has 0 aliphatic rings. The molecule has 0 amide bonds. The first-order valence-corrected chi connectivity index (χ1v) is 9.23. The maximum atomic E-state index is 5.89. The summed E-state index contributed by atoms with van der Waals surface area (Å²) in [5.41, 5.74) is 2.92. The molecule has 3 aromatic carbocycles. The molecule has 0 spiro atoms. The van der Waals surface area contributed by atoms with E-state index in [4.69, 9.17) is 13.9 Å². The van der Waals surface area contributed by atoms with Gasteiger partial charge in [0, 0.05) is 11.6 Å². The second-order valence-electron chi connectivity index (χ2n) is 6.33. The molecule has 4 aromatic rings. The smallest absolute Gasteiger partial charge is 0.248 e. The van der Waals surface area contributed by atoms with E-state index in [9.17, 15) is 0 Å². The highest BCUT2D eigenvalue weighted by Crippen LogP contribution is 2.32. The summed E-state index contributed by atoms with van der Waals surface area (Å²) in [6.07, 6.45) is 3.72. The average molecular weight is 384 g/mol. The Kier molecular flexibility index (Phi) is 5.67. The molecule has 144 valence electrons. The van der Waals surface area contributed by atoms with Crippen LogP contribution in [-0.4, -0.2) is 17.3 Å². The van der Waals surface area contributed by atoms with E-state index in [1.54, 1.807) is 13.2 Å². The Morgan fingerprint density at radius 2 is 1.59 bits per heavy atom. The number of aromatic nitrogens is 2. The predicted octanol–water partition coefficient (Wildman–Crippen LogP) is 5.49. The lowest BCUT2D eigenvalue weighted by Crippen LogP contribution is -1.97. The molecular formula is C24H20N2O3. The third-order valence-electron chi connectivity index (χ3n) is 4.31. The fraction of sp³-hybridized carbons (Fsp3) is 0.0833. The van der Waals surface area contributed by atoms with E-state index >= 15 is 0 Å². The zero-order valence-electron chi connectivity index (χ0n) is 16.0. The molecule has 1 aromatic heterocycles. The van der Waals surface area contributed by atoms with Crippen molar-refractivity contribution in [1.29, 1.82) is 0 Å². The second kappa shape index (κ2) is 8.89. The molecule has 0 N–H and O–H groups in total. The minimum absolute atomic E-state index is 0.422. The number of ether oxygens (including phenoxy) is 2. The molecular weight excluding hydrogens is 364 g/mol. The molecule has 0 unspecified atom stereocenters. The molecule has 0 aliphatic heterocycles. The van der Waals surface area contributed by atoms with Crippen molar-refractivity contribution in [3.63, 3.8) is 0 Å². The van der Waals surface area contributed by atoms with Crippen LogP contribution < -0.4 is 9.47 Å². The summed E-state index contributed by atoms with van der Waals surface area (Å²) in [7, 11) is 1.61. The molecule has 0 bridgehead atoms. The summed E-state index contributed by atoms with van der Waals surface area (Å²) in [6, 6.07) is 25.5. The first-order chi connectivity index (χ1) is 14.3. The Hall–Kier alpha value is -3.86. The summed E-state index contributed by atoms with van der Waals surface area (Å²) in [5, 5.41) is 8.22. The molecule has 29 heavy (non-hydrogen) atoms. The maximum absolute atomic E-state index is 5.89. The Balaban J connectivity index is 1.49. The molecule has 4 rings (SSSR count). The molecule has 0 radical (unpaired) electrons. The van der Waals surface area contributed by atoms with Gasteiger partial charge in [-0.25, -0.2) is 0 Å². The quantitative estimate of drug-likeness (QED) is 0.421. The van der Waals surface area contributed by atoms with Gasteiger partial charge in [-0.1, -0.05) is 60.7 Å². The van der Waals surface area contributed by atoms with Gasteiger partial charge in [-0.3, -0.25) is 0 Å². The molecule has 0 saturated carbocycles. The van der Waals surface area contributed by atoms with Gasteiger partial charge in [0.05, 0.1) is 7.11 Å². The van der Waals surface area contributed by atoms with Crippen LogP contribution in [0.15, 0.2) is 83.3 Å². The zero-order valence-corrected chi connectivity index (χ0v) is 16.0. The van der Waals surface area contributed by atoms with Crippen molar-refractivity contribution in [2.45, 2.75) is 6.61 Å². The Morgan fingerprint density at radius 1 is 0.828 bits per heavy atom. The van der Waals surface area contributed by atoms with E-state index in [0.717, 1.165) is 16.7 Å². The van der Waals surface area contributed by atoms with Gasteiger partial charge < -0.3 is 13.9 Å². The SMILES string of the molecule is COc1cc(-c2nnc(C=Cc3ccccc3)o2)ccc1OCc1ccccc1. The summed E-state index contributed by atoms with van der Waals surface area (Å²) >= 11 is 0. The van der Waals surface area contributed by atoms with Crippen LogP contribution in [0, 0.1) is 0 Å². The second-order valence-corrected chi connectivity index (χ2v) is 6.33. The van der Waals surface area contributed by atoms with Crippen LogP contribution in [0.3, 0.4) is 0 Å². The summed E-state index contributed by atoms with van der Waals surface area (Å²) in [5.74, 6) is 2.12. The van der Waals surface area contributed by atoms with Gasteiger partial charge in [0.15, 0.2) is 11.5 Å². The van der Waals surface area contributed by atoms with Crippen LogP contribution in [-0.2, 0) is 6.61 Å². The van der Waals surface area contributed by atoms with Crippen LogP contribution in [0.25, 0.3) is 23.6 Å². The molecule has 5 heteroatoms. The van der Waals surface area contributed by atoms with Crippen molar-refractivity contribution < 1.29 is 13.9 Å². The van der Waals surface area contributed by atoms with E-state index < -0.39 is 0 Å². The third-order valence-corrected chi connectivity index (χ3v) is 4.31. The van der Waals surface area contributed by atoms with Crippen molar-refractivity contribution in [3.8, 4) is 23.0 Å². The average Bonchev–Trinajstić information content (AvgIpc) is 3.27. The van der Waals surface area contributed by atoms with Crippen LogP contribution in [0.5, 0.6) is 11.5 Å². The maximum Gasteiger partial charge on any atom is 0.248 e. The van der Waals surface area contributed by atoms with E-state index in [2.05, 4.69) is 10.2 Å². The van der Waals surface area contributed by atoms with Crippen molar-refractivity contribution in [1.82, 2.24) is 10.2 Å². The molecule has 1 heterocycles. The number of rotatable bonds is 7. The minimum Gasteiger partial charge on any atom is -0.493 e. The van der Waals surface area contributed by atoms with Gasteiger partial charge in [-0.05, 0) is 35.4 Å². The first-order valence-electron chi connectivity index (χ1n) is 9.23. The predicted molar refractivity (Wildman–Crippen MR) is 112 cm³/mol. The van der Waals surface area contributed by atoms with E-state index in [-0.39, 0.29) is 0 Å². The number of benzene rings is 3. The molecule has 0 fully saturated rings. The Bertz CT molecular complexity index is 1090. The lowest BCUT2D eigenvalue weighted by Gasteiger charge is -2.11. The molecule has 5 nitrogen and oxygen atoms in total. The lowest BCUT2D eigenvalue weighted by atomic mass is 10.2. The standard InChI is InChI=1S/C24H20N2O3/c1-27-22-16-20(13-14-21(22)28-17-19-10-6-3-7-11-19)24-26-25-23(29-24)15-12-18-8-4-2-5-9-18/h2-16H,17H2,1H3. The highest BCUT2D eigenvalue weighted by molar-refractivity contribution is 5.66. The van der Waals surface area contributed by atoms with Gasteiger partial charge >= 0.3 is 0 Å². The largest absolute Gasteiger partial charge is 0.493 e. The van der Waals surface area contributed by atoms with Crippen molar-refractivity contribution in [2.24, 2.45) is 0 Å². The van der Waals surface area contributed by atoms with Gasteiger partial charge in [0.2, 0.25) is 11.8 Å². The third kappa shape index (κ3) is 4.71. The van der Waals surface area contributed by atoms with Gasteiger partial charge in [0.25, 0.3) is 0 Å². The summed E-state index contributed by atoms with van der Waals surface area (Å²) in [6.45, 7) is 0.464. The van der Waals surface area contributed by atoms with E-state index in [1.807, 2.05) is 84.9 Å². The highest BCUT2D eigenvalue weighted by Gasteiger charge is 2.12. The number of hydrogen-bond donors (Lipinski definition) is 0. The van der Waals surface area contributed by atoms with Gasteiger partial charge in [-0.2, -0.15) is 0 Å². The van der Waals surface area contributed by atoms with E-state index in [0.29, 0.717) is 29.9 Å². The normalized spacial score (nSPS) is 10.9. The number of hydrogen-bond acceptors (Lipinski definition) is 5. The van der Waals surface area contributed by atoms with Crippen molar-refractivity contribution >= 4 is 12.2 Å². The molecule has 0 atom stereocenters. The van der Waals surface area contributed by atoms with Gasteiger partial charge in [-0.15, -0.1) is 10.2 Å². The topological polar surface area (TPSA) is 57.4 Å². The highest BCUT2D eigenvalue weighted by atomic mass is 16.5. The summed E-state index contributed by atoms with van der Waals surface area (Å²) in [4.78, 5) is 0. The van der Waals surface area contributed by atoms with Crippen LogP contribution in [0.4, 0.5) is 0 Å². The first kappa shape index (κ1) is 18.5.